The second-order valence-electron chi connectivity index (χ2n) is 5.02. The molecule has 1 N–H and O–H groups in total. The second kappa shape index (κ2) is 6.24. The summed E-state index contributed by atoms with van der Waals surface area (Å²) in [7, 11) is -3.65. The van der Waals surface area contributed by atoms with Gasteiger partial charge in [-0.25, -0.2) is 13.4 Å². The van der Waals surface area contributed by atoms with Gasteiger partial charge in [0.2, 0.25) is 0 Å². The van der Waals surface area contributed by atoms with E-state index in [2.05, 4.69) is 9.71 Å². The molecule has 8 heteroatoms. The summed E-state index contributed by atoms with van der Waals surface area (Å²) in [6.07, 6.45) is 0. The Kier molecular flexibility index (Phi) is 4.46. The summed E-state index contributed by atoms with van der Waals surface area (Å²) in [5.74, 6) is 0. The molecule has 4 nitrogen and oxygen atoms in total. The summed E-state index contributed by atoms with van der Waals surface area (Å²) in [5, 5.41) is 2.19. The Labute approximate surface area is 147 Å². The zero-order chi connectivity index (χ0) is 16.6. The van der Waals surface area contributed by atoms with Crippen molar-refractivity contribution in [2.24, 2.45) is 0 Å². The molecule has 0 saturated heterocycles. The number of nitrogens with one attached hydrogen (secondary N) is 1. The number of hydrogen-bond acceptors (Lipinski definition) is 5. The van der Waals surface area contributed by atoms with Crippen molar-refractivity contribution >= 4 is 49.4 Å². The van der Waals surface area contributed by atoms with E-state index in [1.54, 1.807) is 6.07 Å². The van der Waals surface area contributed by atoms with Crippen LogP contribution in [0.4, 0.5) is 5.13 Å². The van der Waals surface area contributed by atoms with Gasteiger partial charge in [-0.3, -0.25) is 4.72 Å². The predicted molar refractivity (Wildman–Crippen MR) is 97.2 cm³/mol. The van der Waals surface area contributed by atoms with Gasteiger partial charge >= 0.3 is 0 Å². The minimum atomic E-state index is -3.65. The molecule has 0 radical (unpaired) electrons. The molecular weight excluding hydrogens is 372 g/mol. The number of aryl methyl sites for hydroxylation is 2. The van der Waals surface area contributed by atoms with Crippen LogP contribution >= 0.6 is 34.3 Å². The number of sulfonamides is 1. The maximum Gasteiger partial charge on any atom is 0.273 e. The number of hydrogen-bond donors (Lipinski definition) is 1. The third-order valence-electron chi connectivity index (χ3n) is 3.21. The topological polar surface area (TPSA) is 59.1 Å². The molecule has 0 atom stereocenters. The van der Waals surface area contributed by atoms with Crippen molar-refractivity contribution in [2.45, 2.75) is 18.1 Å². The maximum absolute atomic E-state index is 12.3. The number of nitrogens with zero attached hydrogens (tertiary/aromatic N) is 1. The number of thiazole rings is 1. The first-order valence-electron chi connectivity index (χ1n) is 6.66. The Bertz CT molecular complexity index is 961. The van der Waals surface area contributed by atoms with Crippen molar-refractivity contribution in [1.29, 1.82) is 0 Å². The quantitative estimate of drug-likeness (QED) is 0.692. The number of aromatic nitrogens is 1. The first kappa shape index (κ1) is 16.4. The summed E-state index contributed by atoms with van der Waals surface area (Å²) in [5.41, 5.74) is 4.00. The molecule has 3 rings (SSSR count). The number of halogens is 1. The molecule has 0 saturated carbocycles. The molecule has 1 aromatic carbocycles. The van der Waals surface area contributed by atoms with E-state index in [0.717, 1.165) is 33.7 Å². The highest BCUT2D eigenvalue weighted by molar-refractivity contribution is 7.94. The standard InChI is InChI=1S/C15H13ClN2O2S3/c1-9-3-4-10(2)11(7-9)12-8-21-15(17-12)18-23(19,20)14-6-5-13(16)22-14/h3-8H,1-2H3,(H,17,18). The zero-order valence-corrected chi connectivity index (χ0v) is 15.5. The highest BCUT2D eigenvalue weighted by atomic mass is 35.5. The summed E-state index contributed by atoms with van der Waals surface area (Å²) in [6.45, 7) is 4.02. The largest absolute Gasteiger partial charge is 0.273 e. The Morgan fingerprint density at radius 2 is 1.96 bits per heavy atom. The molecule has 0 aliphatic rings. The van der Waals surface area contributed by atoms with E-state index in [-0.39, 0.29) is 4.21 Å². The monoisotopic (exact) mass is 384 g/mol. The van der Waals surface area contributed by atoms with E-state index in [1.165, 1.54) is 17.4 Å². The Balaban J connectivity index is 1.89. The molecule has 2 heterocycles. The number of rotatable bonds is 4. The van der Waals surface area contributed by atoms with Gasteiger partial charge in [-0.15, -0.1) is 22.7 Å². The highest BCUT2D eigenvalue weighted by Crippen LogP contribution is 2.31. The minimum Gasteiger partial charge on any atom is -0.254 e. The number of thiophene rings is 1. The first-order valence-corrected chi connectivity index (χ1v) is 10.2. The Morgan fingerprint density at radius 1 is 1.17 bits per heavy atom. The van der Waals surface area contributed by atoms with Gasteiger partial charge in [-0.1, -0.05) is 29.3 Å². The van der Waals surface area contributed by atoms with Crippen molar-refractivity contribution < 1.29 is 8.42 Å². The van der Waals surface area contributed by atoms with Crippen LogP contribution in [0.2, 0.25) is 4.34 Å². The van der Waals surface area contributed by atoms with Gasteiger partial charge in [0.05, 0.1) is 10.0 Å². The van der Waals surface area contributed by atoms with Gasteiger partial charge in [0.1, 0.15) is 4.21 Å². The molecule has 2 aromatic heterocycles. The SMILES string of the molecule is Cc1ccc(C)c(-c2csc(NS(=O)(=O)c3ccc(Cl)s3)n2)c1. The molecule has 23 heavy (non-hydrogen) atoms. The van der Waals surface area contributed by atoms with Crippen LogP contribution in [-0.4, -0.2) is 13.4 Å². The molecule has 0 aliphatic heterocycles. The minimum absolute atomic E-state index is 0.172. The lowest BCUT2D eigenvalue weighted by molar-refractivity contribution is 0.603. The lowest BCUT2D eigenvalue weighted by Crippen LogP contribution is -2.11. The van der Waals surface area contributed by atoms with Crippen molar-refractivity contribution in [3.63, 3.8) is 0 Å². The Morgan fingerprint density at radius 3 is 2.65 bits per heavy atom. The molecule has 0 bridgehead atoms. The number of anilines is 1. The average molecular weight is 385 g/mol. The highest BCUT2D eigenvalue weighted by Gasteiger charge is 2.19. The van der Waals surface area contributed by atoms with Gasteiger partial charge in [0, 0.05) is 10.9 Å². The van der Waals surface area contributed by atoms with E-state index >= 15 is 0 Å². The normalized spacial score (nSPS) is 11.6. The second-order valence-corrected chi connectivity index (χ2v) is 9.50. The van der Waals surface area contributed by atoms with Gasteiger partial charge in [0.15, 0.2) is 5.13 Å². The van der Waals surface area contributed by atoms with E-state index in [4.69, 9.17) is 11.6 Å². The smallest absolute Gasteiger partial charge is 0.254 e. The van der Waals surface area contributed by atoms with E-state index in [0.29, 0.717) is 9.47 Å². The van der Waals surface area contributed by atoms with E-state index < -0.39 is 10.0 Å². The van der Waals surface area contributed by atoms with Gasteiger partial charge in [-0.2, -0.15) is 0 Å². The summed E-state index contributed by atoms with van der Waals surface area (Å²) >= 11 is 8.07. The fraction of sp³-hybridized carbons (Fsp3) is 0.133. The van der Waals surface area contributed by atoms with Crippen LogP contribution in [0.15, 0.2) is 39.9 Å². The van der Waals surface area contributed by atoms with Crippen LogP contribution in [0, 0.1) is 13.8 Å². The fourth-order valence-electron chi connectivity index (χ4n) is 2.06. The third-order valence-corrected chi connectivity index (χ3v) is 7.16. The molecular formula is C15H13ClN2O2S3. The predicted octanol–water partition coefficient (Wildman–Crippen LogP) is 4.94. The number of benzene rings is 1. The van der Waals surface area contributed by atoms with Gasteiger partial charge < -0.3 is 0 Å². The van der Waals surface area contributed by atoms with Crippen molar-refractivity contribution in [3.05, 3.63) is 51.2 Å². The molecule has 0 aliphatic carbocycles. The molecule has 0 spiro atoms. The van der Waals surface area contributed by atoms with Crippen LogP contribution in [0.5, 0.6) is 0 Å². The lowest BCUT2D eigenvalue weighted by Gasteiger charge is -2.04. The summed E-state index contributed by atoms with van der Waals surface area (Å²) in [4.78, 5) is 4.40. The van der Waals surface area contributed by atoms with E-state index in [1.807, 2.05) is 37.4 Å². The first-order chi connectivity index (χ1) is 10.8. The van der Waals surface area contributed by atoms with Crippen molar-refractivity contribution in [1.82, 2.24) is 4.98 Å². The molecule has 0 unspecified atom stereocenters. The van der Waals surface area contributed by atoms with Gasteiger partial charge in [-0.05, 0) is 37.6 Å². The zero-order valence-electron chi connectivity index (χ0n) is 12.3. The van der Waals surface area contributed by atoms with Crippen molar-refractivity contribution in [3.8, 4) is 11.3 Å². The fourth-order valence-corrected chi connectivity index (χ4v) is 5.51. The van der Waals surface area contributed by atoms with Crippen LogP contribution in [-0.2, 0) is 10.0 Å². The average Bonchev–Trinajstić information content (AvgIpc) is 3.10. The van der Waals surface area contributed by atoms with Crippen LogP contribution in [0.25, 0.3) is 11.3 Å². The lowest BCUT2D eigenvalue weighted by atomic mass is 10.0. The van der Waals surface area contributed by atoms with Crippen LogP contribution < -0.4 is 4.72 Å². The summed E-state index contributed by atoms with van der Waals surface area (Å²) < 4.78 is 27.7. The van der Waals surface area contributed by atoms with E-state index in [9.17, 15) is 8.42 Å². The van der Waals surface area contributed by atoms with Gasteiger partial charge in [0.25, 0.3) is 10.0 Å². The maximum atomic E-state index is 12.3. The molecule has 3 aromatic rings. The van der Waals surface area contributed by atoms with Crippen LogP contribution in [0.3, 0.4) is 0 Å². The molecule has 0 fully saturated rings. The van der Waals surface area contributed by atoms with Crippen LogP contribution in [0.1, 0.15) is 11.1 Å². The van der Waals surface area contributed by atoms with Crippen molar-refractivity contribution in [2.75, 3.05) is 4.72 Å². The molecule has 120 valence electrons. The Hall–Kier alpha value is -1.41. The summed E-state index contributed by atoms with van der Waals surface area (Å²) in [6, 6.07) is 9.15. The molecule has 0 amide bonds. The third kappa shape index (κ3) is 3.58.